The maximum atomic E-state index is 12.6. The Kier molecular flexibility index (Phi) is 4.22. The van der Waals surface area contributed by atoms with Gasteiger partial charge in [0.2, 0.25) is 15.9 Å². The molecule has 0 bridgehead atoms. The maximum Gasteiger partial charge on any atom is 0.335 e. The summed E-state index contributed by atoms with van der Waals surface area (Å²) in [5.74, 6) is -1.66. The fraction of sp³-hybridized carbons (Fsp3) is 0.333. The first-order valence-corrected chi connectivity index (χ1v) is 7.89. The molecule has 1 aliphatic heterocycles. The van der Waals surface area contributed by atoms with Crippen LogP contribution in [0.25, 0.3) is 0 Å². The number of carboxylic acids is 1. The van der Waals surface area contributed by atoms with E-state index in [1.165, 1.54) is 19.1 Å². The lowest BCUT2D eigenvalue weighted by Crippen LogP contribution is -2.55. The molecule has 21 heavy (non-hydrogen) atoms. The molecule has 1 amide bonds. The summed E-state index contributed by atoms with van der Waals surface area (Å²) < 4.78 is 26.2. The van der Waals surface area contributed by atoms with Gasteiger partial charge in [-0.15, -0.1) is 0 Å². The van der Waals surface area contributed by atoms with Crippen molar-refractivity contribution < 1.29 is 23.1 Å². The van der Waals surface area contributed by atoms with E-state index in [0.29, 0.717) is 0 Å². The van der Waals surface area contributed by atoms with Gasteiger partial charge in [0.15, 0.2) is 0 Å². The van der Waals surface area contributed by atoms with Crippen LogP contribution in [-0.4, -0.2) is 48.8 Å². The molecule has 0 saturated carbocycles. The van der Waals surface area contributed by atoms with E-state index < -0.39 is 27.9 Å². The predicted molar refractivity (Wildman–Crippen MR) is 74.8 cm³/mol. The number of nitrogens with zero attached hydrogens (tertiary/aromatic N) is 1. The minimum Gasteiger partial charge on any atom is -0.478 e. The summed E-state index contributed by atoms with van der Waals surface area (Å²) in [7, 11) is -4.05. The van der Waals surface area contributed by atoms with Gasteiger partial charge in [0.25, 0.3) is 0 Å². The molecule has 1 aromatic carbocycles. The smallest absolute Gasteiger partial charge is 0.335 e. The average Bonchev–Trinajstić information content (AvgIpc) is 2.41. The van der Waals surface area contributed by atoms with Crippen LogP contribution in [0.5, 0.6) is 0 Å². The Bertz CT molecular complexity index is 704. The first kappa shape index (κ1) is 15.7. The summed E-state index contributed by atoms with van der Waals surface area (Å²) in [4.78, 5) is 22.3. The minimum absolute atomic E-state index is 0.0850. The summed E-state index contributed by atoms with van der Waals surface area (Å²) in [6.07, 6.45) is 0. The monoisotopic (exact) mass is 332 g/mol. The highest BCUT2D eigenvalue weighted by molar-refractivity contribution is 7.89. The van der Waals surface area contributed by atoms with Crippen molar-refractivity contribution in [3.63, 3.8) is 0 Å². The molecule has 1 heterocycles. The van der Waals surface area contributed by atoms with Crippen molar-refractivity contribution >= 4 is 33.5 Å². The molecule has 7 nitrogen and oxygen atoms in total. The number of aromatic carboxylic acids is 1. The van der Waals surface area contributed by atoms with Crippen molar-refractivity contribution in [1.82, 2.24) is 9.62 Å². The van der Waals surface area contributed by atoms with Gasteiger partial charge in [0, 0.05) is 13.1 Å². The van der Waals surface area contributed by atoms with Gasteiger partial charge < -0.3 is 10.4 Å². The fourth-order valence-electron chi connectivity index (χ4n) is 2.05. The number of carbonyl (C=O) groups is 2. The van der Waals surface area contributed by atoms with E-state index in [0.717, 1.165) is 10.4 Å². The molecule has 0 aliphatic carbocycles. The second-order valence-corrected chi connectivity index (χ2v) is 6.80. The number of carboxylic acid groups (broad SMARTS) is 1. The highest BCUT2D eigenvalue weighted by Gasteiger charge is 2.36. The molecule has 0 aromatic heterocycles. The molecule has 9 heteroatoms. The van der Waals surface area contributed by atoms with Crippen LogP contribution in [0.3, 0.4) is 0 Å². The van der Waals surface area contributed by atoms with Gasteiger partial charge in [0.1, 0.15) is 10.9 Å². The van der Waals surface area contributed by atoms with Crippen LogP contribution in [0.1, 0.15) is 17.3 Å². The van der Waals surface area contributed by atoms with E-state index in [4.69, 9.17) is 16.7 Å². The van der Waals surface area contributed by atoms with Gasteiger partial charge in [-0.3, -0.25) is 4.79 Å². The van der Waals surface area contributed by atoms with Gasteiger partial charge in [-0.2, -0.15) is 4.31 Å². The molecule has 1 aromatic rings. The summed E-state index contributed by atoms with van der Waals surface area (Å²) in [6, 6.07) is 2.55. The molecule has 0 spiro atoms. The second-order valence-electron chi connectivity index (χ2n) is 4.53. The van der Waals surface area contributed by atoms with E-state index in [-0.39, 0.29) is 28.6 Å². The van der Waals surface area contributed by atoms with E-state index in [2.05, 4.69) is 5.32 Å². The Morgan fingerprint density at radius 3 is 2.76 bits per heavy atom. The fourth-order valence-corrected chi connectivity index (χ4v) is 4.15. The maximum absolute atomic E-state index is 12.6. The third-order valence-electron chi connectivity index (χ3n) is 3.21. The number of hydrogen-bond donors (Lipinski definition) is 2. The van der Waals surface area contributed by atoms with Gasteiger partial charge in [-0.25, -0.2) is 13.2 Å². The normalized spacial score (nSPS) is 20.1. The van der Waals surface area contributed by atoms with Crippen LogP contribution >= 0.6 is 11.6 Å². The molecule has 1 atom stereocenters. The summed E-state index contributed by atoms with van der Waals surface area (Å²) in [6.45, 7) is 1.75. The second kappa shape index (κ2) is 5.63. The van der Waals surface area contributed by atoms with Gasteiger partial charge in [-0.05, 0) is 25.1 Å². The van der Waals surface area contributed by atoms with Crippen molar-refractivity contribution in [2.75, 3.05) is 13.1 Å². The summed E-state index contributed by atoms with van der Waals surface area (Å²) in [5.41, 5.74) is -0.188. The van der Waals surface area contributed by atoms with E-state index in [1.807, 2.05) is 0 Å². The zero-order chi connectivity index (χ0) is 15.8. The number of carbonyl (C=O) groups excluding carboxylic acids is 1. The van der Waals surface area contributed by atoms with E-state index in [9.17, 15) is 18.0 Å². The van der Waals surface area contributed by atoms with Crippen LogP contribution in [0.15, 0.2) is 23.1 Å². The molecular weight excluding hydrogens is 320 g/mol. The summed E-state index contributed by atoms with van der Waals surface area (Å²) in [5, 5.41) is 11.4. The third kappa shape index (κ3) is 2.87. The Morgan fingerprint density at radius 1 is 1.48 bits per heavy atom. The van der Waals surface area contributed by atoms with Gasteiger partial charge in [-0.1, -0.05) is 11.6 Å². The van der Waals surface area contributed by atoms with Gasteiger partial charge in [0.05, 0.1) is 10.6 Å². The number of hydrogen-bond acceptors (Lipinski definition) is 4. The van der Waals surface area contributed by atoms with Crippen molar-refractivity contribution in [3.05, 3.63) is 28.8 Å². The number of piperazine rings is 1. The number of nitrogens with one attached hydrogen (secondary N) is 1. The molecule has 2 N–H and O–H groups in total. The third-order valence-corrected chi connectivity index (χ3v) is 5.66. The molecule has 1 saturated heterocycles. The van der Waals surface area contributed by atoms with Crippen LogP contribution < -0.4 is 5.32 Å². The molecule has 1 unspecified atom stereocenters. The van der Waals surface area contributed by atoms with Crippen molar-refractivity contribution in [1.29, 1.82) is 0 Å². The topological polar surface area (TPSA) is 104 Å². The van der Waals surface area contributed by atoms with Crippen LogP contribution in [-0.2, 0) is 14.8 Å². The SMILES string of the molecule is CC1C(=O)NCCN1S(=O)(=O)c1cc(C(=O)O)ccc1Cl. The van der Waals surface area contributed by atoms with Crippen molar-refractivity contribution in [2.24, 2.45) is 0 Å². The average molecular weight is 333 g/mol. The summed E-state index contributed by atoms with van der Waals surface area (Å²) >= 11 is 5.89. The standard InChI is InChI=1S/C12H13ClN2O5S/c1-7-11(16)14-4-5-15(7)21(19,20)10-6-8(12(17)18)2-3-9(10)13/h2-3,6-7H,4-5H2,1H3,(H,14,16)(H,17,18). The molecule has 0 radical (unpaired) electrons. The van der Waals surface area contributed by atoms with Crippen LogP contribution in [0.2, 0.25) is 5.02 Å². The zero-order valence-corrected chi connectivity index (χ0v) is 12.6. The first-order valence-electron chi connectivity index (χ1n) is 6.07. The largest absolute Gasteiger partial charge is 0.478 e. The highest BCUT2D eigenvalue weighted by atomic mass is 35.5. The lowest BCUT2D eigenvalue weighted by molar-refractivity contribution is -0.126. The number of halogens is 1. The predicted octanol–water partition coefficient (Wildman–Crippen LogP) is 0.547. The van der Waals surface area contributed by atoms with E-state index in [1.54, 1.807) is 0 Å². The lowest BCUT2D eigenvalue weighted by Gasteiger charge is -2.32. The Labute approximate surface area is 126 Å². The first-order chi connectivity index (χ1) is 9.75. The molecule has 1 fully saturated rings. The van der Waals surface area contributed by atoms with Crippen molar-refractivity contribution in [3.8, 4) is 0 Å². The zero-order valence-electron chi connectivity index (χ0n) is 11.0. The van der Waals surface area contributed by atoms with Crippen molar-refractivity contribution in [2.45, 2.75) is 17.9 Å². The number of rotatable bonds is 3. The van der Waals surface area contributed by atoms with E-state index >= 15 is 0 Å². The Hall–Kier alpha value is -1.64. The number of benzene rings is 1. The Balaban J connectivity index is 2.51. The molecular formula is C12H13ClN2O5S. The minimum atomic E-state index is -4.05. The molecule has 2 rings (SSSR count). The highest BCUT2D eigenvalue weighted by Crippen LogP contribution is 2.27. The van der Waals surface area contributed by atoms with Gasteiger partial charge >= 0.3 is 5.97 Å². The lowest BCUT2D eigenvalue weighted by atomic mass is 10.2. The quantitative estimate of drug-likeness (QED) is 0.841. The number of amides is 1. The number of sulfonamides is 1. The molecule has 114 valence electrons. The Morgan fingerprint density at radius 2 is 2.14 bits per heavy atom. The van der Waals surface area contributed by atoms with Crippen LogP contribution in [0, 0.1) is 0 Å². The van der Waals surface area contributed by atoms with Crippen LogP contribution in [0.4, 0.5) is 0 Å². The molecule has 1 aliphatic rings.